The van der Waals surface area contributed by atoms with Crippen molar-refractivity contribution >= 4 is 0 Å². The number of hydrogen-bond donors (Lipinski definition) is 0. The molecule has 0 aliphatic heterocycles. The molecule has 1 nitrogen and oxygen atoms in total. The van der Waals surface area contributed by atoms with Crippen molar-refractivity contribution in [2.75, 3.05) is 6.61 Å². The largest absolute Gasteiger partial charge is 0.491 e. The predicted octanol–water partition coefficient (Wildman–Crippen LogP) is 9.03. The number of halogens is 1. The van der Waals surface area contributed by atoms with E-state index in [9.17, 15) is 4.39 Å². The number of ether oxygens (including phenoxy) is 1. The van der Waals surface area contributed by atoms with Gasteiger partial charge in [0.1, 0.15) is 0 Å². The van der Waals surface area contributed by atoms with Crippen molar-refractivity contribution in [3.63, 3.8) is 0 Å². The van der Waals surface area contributed by atoms with E-state index in [1.54, 1.807) is 6.07 Å². The Balaban J connectivity index is 1.82. The third kappa shape index (κ3) is 9.09. The van der Waals surface area contributed by atoms with Gasteiger partial charge in [-0.15, -0.1) is 0 Å². The normalized spacial score (nSPS) is 16.1. The minimum absolute atomic E-state index is 0.185. The molecule has 0 unspecified atom stereocenters. The van der Waals surface area contributed by atoms with Crippen LogP contribution in [0.4, 0.5) is 4.39 Å². The Morgan fingerprint density at radius 1 is 0.828 bits per heavy atom. The summed E-state index contributed by atoms with van der Waals surface area (Å²) in [5.74, 6) is 0.240. The molecule has 0 N–H and O–H groups in total. The summed E-state index contributed by atoms with van der Waals surface area (Å²) in [5.41, 5.74) is 1.65. The second kappa shape index (κ2) is 14.0. The summed E-state index contributed by atoms with van der Waals surface area (Å²) in [4.78, 5) is 0. The molecule has 0 bridgehead atoms. The average Bonchev–Trinajstić information content (AvgIpc) is 2.74. The summed E-state index contributed by atoms with van der Waals surface area (Å²) in [6, 6.07) is 5.66. The highest BCUT2D eigenvalue weighted by Crippen LogP contribution is 2.44. The minimum Gasteiger partial charge on any atom is -0.491 e. The Morgan fingerprint density at radius 3 is 2.21 bits per heavy atom. The van der Waals surface area contributed by atoms with Crippen LogP contribution >= 0.6 is 0 Å². The van der Waals surface area contributed by atoms with E-state index in [1.807, 2.05) is 6.07 Å². The third-order valence-electron chi connectivity index (χ3n) is 6.92. The first kappa shape index (κ1) is 24.2. The molecule has 1 aliphatic carbocycles. The quantitative estimate of drug-likeness (QED) is 0.265. The van der Waals surface area contributed by atoms with Crippen molar-refractivity contribution in [3.05, 3.63) is 29.6 Å². The Labute approximate surface area is 179 Å². The monoisotopic (exact) mass is 404 g/mol. The van der Waals surface area contributed by atoms with Crippen molar-refractivity contribution in [2.45, 2.75) is 123 Å². The van der Waals surface area contributed by atoms with Gasteiger partial charge >= 0.3 is 0 Å². The lowest BCUT2D eigenvalue weighted by atomic mass is 9.68. The van der Waals surface area contributed by atoms with Crippen LogP contribution in [0.25, 0.3) is 0 Å². The molecule has 0 radical (unpaired) electrons. The zero-order valence-electron chi connectivity index (χ0n) is 19.2. The van der Waals surface area contributed by atoms with E-state index >= 15 is 0 Å². The van der Waals surface area contributed by atoms with Gasteiger partial charge in [-0.25, -0.2) is 4.39 Å². The van der Waals surface area contributed by atoms with E-state index in [-0.39, 0.29) is 5.82 Å². The highest BCUT2D eigenvalue weighted by molar-refractivity contribution is 5.29. The summed E-state index contributed by atoms with van der Waals surface area (Å²) in [6.45, 7) is 5.10. The third-order valence-corrected chi connectivity index (χ3v) is 6.92. The molecule has 0 saturated heterocycles. The SMILES string of the molecule is CCCCCCCC1(CCc2ccc(OCCCCCC)c(F)c2)CCCCC1. The van der Waals surface area contributed by atoms with Gasteiger partial charge in [0.2, 0.25) is 0 Å². The van der Waals surface area contributed by atoms with E-state index in [1.165, 1.54) is 89.9 Å². The smallest absolute Gasteiger partial charge is 0.165 e. The van der Waals surface area contributed by atoms with Gasteiger partial charge in [-0.1, -0.05) is 90.5 Å². The highest BCUT2D eigenvalue weighted by atomic mass is 19.1. The predicted molar refractivity (Wildman–Crippen MR) is 123 cm³/mol. The van der Waals surface area contributed by atoms with E-state index in [0.717, 1.165) is 24.8 Å². The number of hydrogen-bond acceptors (Lipinski definition) is 1. The molecule has 1 aromatic carbocycles. The zero-order valence-corrected chi connectivity index (χ0v) is 19.2. The van der Waals surface area contributed by atoms with E-state index in [4.69, 9.17) is 4.74 Å². The molecule has 1 aromatic rings. The number of unbranched alkanes of at least 4 members (excludes halogenated alkanes) is 7. The van der Waals surface area contributed by atoms with Crippen LogP contribution in [-0.4, -0.2) is 6.61 Å². The minimum atomic E-state index is -0.185. The standard InChI is InChI=1S/C27H45FO/c1-3-5-7-9-11-18-27(19-12-10-13-20-27)21-17-24-15-16-26(25(28)23-24)29-22-14-8-6-4-2/h15-16,23H,3-14,17-22H2,1-2H3. The lowest BCUT2D eigenvalue weighted by Crippen LogP contribution is -2.25. The molecule has 29 heavy (non-hydrogen) atoms. The number of aryl methyl sites for hydroxylation is 1. The van der Waals surface area contributed by atoms with Crippen molar-refractivity contribution in [1.82, 2.24) is 0 Å². The fraction of sp³-hybridized carbons (Fsp3) is 0.778. The Hall–Kier alpha value is -1.05. The zero-order chi connectivity index (χ0) is 20.8. The van der Waals surface area contributed by atoms with Gasteiger partial charge in [-0.2, -0.15) is 0 Å². The molecule has 2 heteroatoms. The van der Waals surface area contributed by atoms with E-state index in [2.05, 4.69) is 19.9 Å². The summed E-state index contributed by atoms with van der Waals surface area (Å²) in [7, 11) is 0. The molecular weight excluding hydrogens is 359 g/mol. The maximum absolute atomic E-state index is 14.5. The molecule has 1 saturated carbocycles. The first-order valence-electron chi connectivity index (χ1n) is 12.6. The van der Waals surface area contributed by atoms with Crippen LogP contribution in [0.2, 0.25) is 0 Å². The fourth-order valence-electron chi connectivity index (χ4n) is 4.97. The molecule has 0 amide bonds. The molecule has 1 aliphatic rings. The van der Waals surface area contributed by atoms with Crippen LogP contribution in [-0.2, 0) is 6.42 Å². The average molecular weight is 405 g/mol. The van der Waals surface area contributed by atoms with Gasteiger partial charge in [0.25, 0.3) is 0 Å². The maximum Gasteiger partial charge on any atom is 0.165 e. The second-order valence-corrected chi connectivity index (χ2v) is 9.40. The summed E-state index contributed by atoms with van der Waals surface area (Å²) >= 11 is 0. The van der Waals surface area contributed by atoms with E-state index < -0.39 is 0 Å². The summed E-state index contributed by atoms with van der Waals surface area (Å²) in [6.07, 6.45) is 22.0. The Bertz CT molecular complexity index is 547. The molecule has 0 heterocycles. The van der Waals surface area contributed by atoms with Gasteiger partial charge in [0, 0.05) is 0 Å². The lowest BCUT2D eigenvalue weighted by molar-refractivity contribution is 0.152. The molecule has 0 spiro atoms. The molecule has 0 atom stereocenters. The fourth-order valence-corrected chi connectivity index (χ4v) is 4.97. The topological polar surface area (TPSA) is 9.23 Å². The molecule has 2 rings (SSSR count). The second-order valence-electron chi connectivity index (χ2n) is 9.40. The van der Waals surface area contributed by atoms with E-state index in [0.29, 0.717) is 17.8 Å². The summed E-state index contributed by atoms with van der Waals surface area (Å²) < 4.78 is 20.1. The molecular formula is C27H45FO. The van der Waals surface area contributed by atoms with Gasteiger partial charge in [0.15, 0.2) is 11.6 Å². The van der Waals surface area contributed by atoms with Crippen LogP contribution in [0.3, 0.4) is 0 Å². The first-order chi connectivity index (χ1) is 14.2. The molecule has 166 valence electrons. The van der Waals surface area contributed by atoms with Crippen LogP contribution in [0.1, 0.15) is 122 Å². The van der Waals surface area contributed by atoms with Gasteiger partial charge in [-0.3, -0.25) is 0 Å². The van der Waals surface area contributed by atoms with Crippen LogP contribution in [0, 0.1) is 11.2 Å². The van der Waals surface area contributed by atoms with Crippen molar-refractivity contribution < 1.29 is 9.13 Å². The van der Waals surface area contributed by atoms with Crippen LogP contribution in [0.5, 0.6) is 5.75 Å². The Morgan fingerprint density at radius 2 is 1.52 bits per heavy atom. The lowest BCUT2D eigenvalue weighted by Gasteiger charge is -2.38. The molecule has 1 fully saturated rings. The number of rotatable bonds is 15. The van der Waals surface area contributed by atoms with Crippen LogP contribution < -0.4 is 4.74 Å². The number of benzene rings is 1. The van der Waals surface area contributed by atoms with Crippen LogP contribution in [0.15, 0.2) is 18.2 Å². The van der Waals surface area contributed by atoms with Gasteiger partial charge < -0.3 is 4.74 Å². The van der Waals surface area contributed by atoms with Gasteiger partial charge in [0.05, 0.1) is 6.61 Å². The van der Waals surface area contributed by atoms with Gasteiger partial charge in [-0.05, 0) is 61.6 Å². The molecule has 0 aromatic heterocycles. The maximum atomic E-state index is 14.5. The van der Waals surface area contributed by atoms with Crippen molar-refractivity contribution in [1.29, 1.82) is 0 Å². The summed E-state index contributed by atoms with van der Waals surface area (Å²) in [5, 5.41) is 0. The van der Waals surface area contributed by atoms with Crippen molar-refractivity contribution in [2.24, 2.45) is 5.41 Å². The Kier molecular flexibility index (Phi) is 11.7. The van der Waals surface area contributed by atoms with Crippen molar-refractivity contribution in [3.8, 4) is 5.75 Å². The first-order valence-corrected chi connectivity index (χ1v) is 12.6. The highest BCUT2D eigenvalue weighted by Gasteiger charge is 2.31.